The highest BCUT2D eigenvalue weighted by Crippen LogP contribution is 2.33. The number of hydrogen-bond acceptors (Lipinski definition) is 3. The van der Waals surface area contributed by atoms with Gasteiger partial charge in [-0.15, -0.1) is 0 Å². The summed E-state index contributed by atoms with van der Waals surface area (Å²) in [4.78, 5) is 0. The van der Waals surface area contributed by atoms with Crippen molar-refractivity contribution >= 4 is 0 Å². The predicted octanol–water partition coefficient (Wildman–Crippen LogP) is 2.30. The Bertz CT molecular complexity index is 338. The Balaban J connectivity index is 2.17. The highest BCUT2D eigenvalue weighted by molar-refractivity contribution is 5.35. The summed E-state index contributed by atoms with van der Waals surface area (Å²) in [6.45, 7) is 3.23. The molecule has 0 spiro atoms. The summed E-state index contributed by atoms with van der Waals surface area (Å²) in [5.41, 5.74) is 1.04. The minimum Gasteiger partial charge on any atom is -0.493 e. The van der Waals surface area contributed by atoms with Gasteiger partial charge in [-0.3, -0.25) is 0 Å². The third kappa shape index (κ3) is 2.54. The molecule has 1 N–H and O–H groups in total. The number of para-hydroxylation sites is 1. The quantitative estimate of drug-likeness (QED) is 0.852. The van der Waals surface area contributed by atoms with Crippen LogP contribution >= 0.6 is 0 Å². The molecule has 2 atom stereocenters. The van der Waals surface area contributed by atoms with Crippen LogP contribution in [0, 0.1) is 0 Å². The van der Waals surface area contributed by atoms with E-state index >= 15 is 0 Å². The Hall–Kier alpha value is -1.06. The molecule has 2 rings (SSSR count). The van der Waals surface area contributed by atoms with E-state index in [2.05, 4.69) is 0 Å². The van der Waals surface area contributed by atoms with Gasteiger partial charge >= 0.3 is 0 Å². The molecule has 0 aromatic heterocycles. The zero-order valence-corrected chi connectivity index (χ0v) is 9.56. The van der Waals surface area contributed by atoms with Gasteiger partial charge in [0.15, 0.2) is 0 Å². The first-order valence-corrected chi connectivity index (χ1v) is 5.82. The van der Waals surface area contributed by atoms with E-state index in [0.717, 1.165) is 17.7 Å². The monoisotopic (exact) mass is 222 g/mol. The van der Waals surface area contributed by atoms with Gasteiger partial charge in [-0.1, -0.05) is 18.2 Å². The number of ether oxygens (including phenoxy) is 2. The molecule has 3 heteroatoms. The average molecular weight is 222 g/mol. The van der Waals surface area contributed by atoms with Crippen LogP contribution in [-0.4, -0.2) is 24.4 Å². The number of aliphatic hydroxyl groups is 1. The summed E-state index contributed by atoms with van der Waals surface area (Å²) in [6.07, 6.45) is 1.09. The molecule has 1 fully saturated rings. The maximum atomic E-state index is 9.64. The van der Waals surface area contributed by atoms with Gasteiger partial charge in [0.05, 0.1) is 18.8 Å². The second-order valence-corrected chi connectivity index (χ2v) is 4.01. The van der Waals surface area contributed by atoms with Gasteiger partial charge in [0.2, 0.25) is 0 Å². The molecule has 3 nitrogen and oxygen atoms in total. The van der Waals surface area contributed by atoms with Gasteiger partial charge in [0.1, 0.15) is 5.75 Å². The zero-order valence-electron chi connectivity index (χ0n) is 9.56. The largest absolute Gasteiger partial charge is 0.493 e. The van der Waals surface area contributed by atoms with Crippen LogP contribution in [0.5, 0.6) is 5.75 Å². The molecule has 88 valence electrons. The van der Waals surface area contributed by atoms with E-state index in [1.54, 1.807) is 0 Å². The van der Waals surface area contributed by atoms with Gasteiger partial charge in [0.25, 0.3) is 0 Å². The minimum absolute atomic E-state index is 0.0356. The molecule has 16 heavy (non-hydrogen) atoms. The van der Waals surface area contributed by atoms with Crippen LogP contribution in [-0.2, 0) is 4.74 Å². The van der Waals surface area contributed by atoms with Crippen molar-refractivity contribution in [2.75, 3.05) is 13.2 Å². The number of hydrogen-bond donors (Lipinski definition) is 1. The van der Waals surface area contributed by atoms with E-state index < -0.39 is 0 Å². The lowest BCUT2D eigenvalue weighted by Crippen LogP contribution is -2.23. The summed E-state index contributed by atoms with van der Waals surface area (Å²) < 4.78 is 11.2. The highest BCUT2D eigenvalue weighted by atomic mass is 16.5. The molecule has 1 heterocycles. The standard InChI is InChI=1S/C13H18O3/c1-2-15-12-6-4-3-5-11(12)13-9-10(14)7-8-16-13/h3-6,10,13-14H,2,7-9H2,1H3. The molecule has 0 amide bonds. The molecule has 0 bridgehead atoms. The van der Waals surface area contributed by atoms with E-state index in [0.29, 0.717) is 19.6 Å². The fraction of sp³-hybridized carbons (Fsp3) is 0.538. The van der Waals surface area contributed by atoms with Gasteiger partial charge in [0, 0.05) is 18.6 Å². The highest BCUT2D eigenvalue weighted by Gasteiger charge is 2.24. The fourth-order valence-corrected chi connectivity index (χ4v) is 2.03. The molecule has 0 saturated carbocycles. The van der Waals surface area contributed by atoms with Crippen molar-refractivity contribution in [1.82, 2.24) is 0 Å². The molecule has 1 aromatic carbocycles. The molecular weight excluding hydrogens is 204 g/mol. The van der Waals surface area contributed by atoms with E-state index in [1.807, 2.05) is 31.2 Å². The van der Waals surface area contributed by atoms with Crippen molar-refractivity contribution in [3.63, 3.8) is 0 Å². The Morgan fingerprint density at radius 1 is 1.44 bits per heavy atom. The van der Waals surface area contributed by atoms with E-state index in [9.17, 15) is 5.11 Å². The van der Waals surface area contributed by atoms with Crippen LogP contribution in [0.25, 0.3) is 0 Å². The van der Waals surface area contributed by atoms with Crippen molar-refractivity contribution in [3.05, 3.63) is 29.8 Å². The first-order valence-electron chi connectivity index (χ1n) is 5.82. The van der Waals surface area contributed by atoms with Crippen LogP contribution in [0.15, 0.2) is 24.3 Å². The Morgan fingerprint density at radius 2 is 2.25 bits per heavy atom. The second-order valence-electron chi connectivity index (χ2n) is 4.01. The minimum atomic E-state index is -0.256. The Morgan fingerprint density at radius 3 is 3.00 bits per heavy atom. The molecule has 0 radical (unpaired) electrons. The summed E-state index contributed by atoms with van der Waals surface area (Å²) >= 11 is 0. The third-order valence-electron chi connectivity index (χ3n) is 2.82. The number of benzene rings is 1. The van der Waals surface area contributed by atoms with Crippen molar-refractivity contribution in [2.24, 2.45) is 0 Å². The van der Waals surface area contributed by atoms with Crippen LogP contribution < -0.4 is 4.74 Å². The summed E-state index contributed by atoms with van der Waals surface area (Å²) in [6, 6.07) is 7.88. The van der Waals surface area contributed by atoms with E-state index in [4.69, 9.17) is 9.47 Å². The Labute approximate surface area is 96.0 Å². The third-order valence-corrected chi connectivity index (χ3v) is 2.82. The number of rotatable bonds is 3. The first-order chi connectivity index (χ1) is 7.81. The normalized spacial score (nSPS) is 25.4. The molecule has 2 unspecified atom stereocenters. The molecule has 1 saturated heterocycles. The van der Waals surface area contributed by atoms with E-state index in [-0.39, 0.29) is 12.2 Å². The zero-order chi connectivity index (χ0) is 11.4. The smallest absolute Gasteiger partial charge is 0.125 e. The summed E-state index contributed by atoms with van der Waals surface area (Å²) in [5.74, 6) is 0.865. The summed E-state index contributed by atoms with van der Waals surface area (Å²) in [5, 5.41) is 9.64. The maximum Gasteiger partial charge on any atom is 0.125 e. The molecular formula is C13H18O3. The lowest BCUT2D eigenvalue weighted by molar-refractivity contribution is -0.0456. The second kappa shape index (κ2) is 5.32. The fourth-order valence-electron chi connectivity index (χ4n) is 2.03. The van der Waals surface area contributed by atoms with Crippen LogP contribution in [0.2, 0.25) is 0 Å². The van der Waals surface area contributed by atoms with Gasteiger partial charge in [-0.05, 0) is 19.4 Å². The SMILES string of the molecule is CCOc1ccccc1C1CC(O)CCO1. The van der Waals surface area contributed by atoms with Crippen molar-refractivity contribution in [3.8, 4) is 5.75 Å². The Kier molecular flexibility index (Phi) is 3.80. The molecule has 1 aromatic rings. The molecule has 1 aliphatic heterocycles. The molecule has 1 aliphatic rings. The van der Waals surface area contributed by atoms with Crippen LogP contribution in [0.3, 0.4) is 0 Å². The average Bonchev–Trinajstić information content (AvgIpc) is 2.30. The predicted molar refractivity (Wildman–Crippen MR) is 61.5 cm³/mol. The lowest BCUT2D eigenvalue weighted by atomic mass is 9.99. The molecule has 0 aliphatic carbocycles. The van der Waals surface area contributed by atoms with Gasteiger partial charge in [-0.2, -0.15) is 0 Å². The van der Waals surface area contributed by atoms with Crippen LogP contribution in [0.4, 0.5) is 0 Å². The topological polar surface area (TPSA) is 38.7 Å². The van der Waals surface area contributed by atoms with Crippen LogP contribution in [0.1, 0.15) is 31.4 Å². The lowest BCUT2D eigenvalue weighted by Gasteiger charge is -2.27. The maximum absolute atomic E-state index is 9.64. The first kappa shape index (κ1) is 11.4. The van der Waals surface area contributed by atoms with Crippen molar-refractivity contribution in [1.29, 1.82) is 0 Å². The van der Waals surface area contributed by atoms with Crippen molar-refractivity contribution < 1.29 is 14.6 Å². The van der Waals surface area contributed by atoms with Crippen molar-refractivity contribution in [2.45, 2.75) is 32.0 Å². The van der Waals surface area contributed by atoms with Gasteiger partial charge < -0.3 is 14.6 Å². The van der Waals surface area contributed by atoms with E-state index in [1.165, 1.54) is 0 Å². The number of aliphatic hydroxyl groups excluding tert-OH is 1. The summed E-state index contributed by atoms with van der Waals surface area (Å²) in [7, 11) is 0. The van der Waals surface area contributed by atoms with Gasteiger partial charge in [-0.25, -0.2) is 0 Å².